The molecule has 0 radical (unpaired) electrons. The number of fused-ring (bicyclic) bond motifs is 1. The van der Waals surface area contributed by atoms with Crippen LogP contribution in [-0.2, 0) is 0 Å². The van der Waals surface area contributed by atoms with Gasteiger partial charge >= 0.3 is 0 Å². The van der Waals surface area contributed by atoms with E-state index in [1.807, 2.05) is 0 Å². The van der Waals surface area contributed by atoms with E-state index in [2.05, 4.69) is 15.4 Å². The SMILES string of the molecule is CC(O)CNc1nc2ccc(F)cn2n1. The van der Waals surface area contributed by atoms with Crippen molar-refractivity contribution in [2.45, 2.75) is 13.0 Å². The summed E-state index contributed by atoms with van der Waals surface area (Å²) in [6.45, 7) is 2.02. The number of rotatable bonds is 3. The molecule has 2 aromatic rings. The first-order valence-corrected chi connectivity index (χ1v) is 4.59. The zero-order valence-electron chi connectivity index (χ0n) is 8.18. The lowest BCUT2D eigenvalue weighted by molar-refractivity contribution is 0.208. The molecule has 2 heterocycles. The quantitative estimate of drug-likeness (QED) is 0.781. The van der Waals surface area contributed by atoms with Crippen molar-refractivity contribution >= 4 is 11.6 Å². The molecule has 6 heteroatoms. The fourth-order valence-corrected chi connectivity index (χ4v) is 1.17. The number of aliphatic hydroxyl groups excluding tert-OH is 1. The van der Waals surface area contributed by atoms with E-state index in [-0.39, 0.29) is 5.82 Å². The van der Waals surface area contributed by atoms with Crippen molar-refractivity contribution in [3.05, 3.63) is 24.1 Å². The standard InChI is InChI=1S/C9H11FN4O/c1-6(15)4-11-9-12-8-3-2-7(10)5-14(8)13-9/h2-3,5-6,15H,4H2,1H3,(H,11,13). The van der Waals surface area contributed by atoms with Crippen molar-refractivity contribution in [2.75, 3.05) is 11.9 Å². The van der Waals surface area contributed by atoms with Crippen LogP contribution in [-0.4, -0.2) is 32.4 Å². The summed E-state index contributed by atoms with van der Waals surface area (Å²) >= 11 is 0. The third kappa shape index (κ3) is 2.21. The molecule has 0 aliphatic rings. The lowest BCUT2D eigenvalue weighted by atomic mass is 10.4. The molecule has 2 aromatic heterocycles. The van der Waals surface area contributed by atoms with Gasteiger partial charge in [0, 0.05) is 6.54 Å². The Morgan fingerprint density at radius 3 is 3.13 bits per heavy atom. The lowest BCUT2D eigenvalue weighted by Crippen LogP contribution is -2.16. The fourth-order valence-electron chi connectivity index (χ4n) is 1.17. The Balaban J connectivity index is 2.23. The summed E-state index contributed by atoms with van der Waals surface area (Å²) in [5, 5.41) is 15.9. The second kappa shape index (κ2) is 3.82. The van der Waals surface area contributed by atoms with Gasteiger partial charge in [-0.15, -0.1) is 5.10 Å². The molecule has 0 aliphatic heterocycles. The summed E-state index contributed by atoms with van der Waals surface area (Å²) in [4.78, 5) is 4.09. The molecule has 0 fully saturated rings. The zero-order chi connectivity index (χ0) is 10.8. The summed E-state index contributed by atoms with van der Waals surface area (Å²) in [6, 6.07) is 2.86. The van der Waals surface area contributed by atoms with Crippen LogP contribution in [0.25, 0.3) is 5.65 Å². The summed E-state index contributed by atoms with van der Waals surface area (Å²) in [6.07, 6.45) is 0.768. The van der Waals surface area contributed by atoms with Gasteiger partial charge in [-0.2, -0.15) is 4.98 Å². The van der Waals surface area contributed by atoms with Gasteiger partial charge in [-0.1, -0.05) is 0 Å². The zero-order valence-corrected chi connectivity index (χ0v) is 8.18. The summed E-state index contributed by atoms with van der Waals surface area (Å²) in [7, 11) is 0. The van der Waals surface area contributed by atoms with Crippen LogP contribution in [0.2, 0.25) is 0 Å². The predicted molar refractivity (Wildman–Crippen MR) is 53.1 cm³/mol. The molecule has 15 heavy (non-hydrogen) atoms. The number of aromatic nitrogens is 3. The molecular weight excluding hydrogens is 199 g/mol. The average Bonchev–Trinajstić information content (AvgIpc) is 2.56. The van der Waals surface area contributed by atoms with E-state index in [0.717, 1.165) is 0 Å². The van der Waals surface area contributed by atoms with Gasteiger partial charge in [0.05, 0.1) is 12.3 Å². The summed E-state index contributed by atoms with van der Waals surface area (Å²) in [5.74, 6) is 0.0102. The normalized spacial score (nSPS) is 13.0. The molecule has 1 unspecified atom stereocenters. The van der Waals surface area contributed by atoms with Crippen molar-refractivity contribution < 1.29 is 9.50 Å². The van der Waals surface area contributed by atoms with Crippen LogP contribution >= 0.6 is 0 Å². The Labute approximate surface area is 85.6 Å². The molecule has 80 valence electrons. The number of nitrogens with zero attached hydrogens (tertiary/aromatic N) is 3. The molecule has 2 N–H and O–H groups in total. The number of aliphatic hydroxyl groups is 1. The molecule has 0 aliphatic carbocycles. The Morgan fingerprint density at radius 1 is 1.60 bits per heavy atom. The number of pyridine rings is 1. The minimum Gasteiger partial charge on any atom is -0.392 e. The van der Waals surface area contributed by atoms with Gasteiger partial charge in [-0.25, -0.2) is 8.91 Å². The molecule has 0 bridgehead atoms. The number of nitrogens with one attached hydrogen (secondary N) is 1. The molecule has 0 saturated heterocycles. The van der Waals surface area contributed by atoms with Crippen LogP contribution in [0.3, 0.4) is 0 Å². The van der Waals surface area contributed by atoms with Crippen LogP contribution in [0.5, 0.6) is 0 Å². The third-order valence-corrected chi connectivity index (χ3v) is 1.85. The van der Waals surface area contributed by atoms with E-state index in [1.165, 1.54) is 22.8 Å². The summed E-state index contributed by atoms with van der Waals surface area (Å²) in [5.41, 5.74) is 0.560. The Kier molecular flexibility index (Phi) is 2.51. The number of anilines is 1. The van der Waals surface area contributed by atoms with E-state index < -0.39 is 6.10 Å². The average molecular weight is 210 g/mol. The Hall–Kier alpha value is -1.69. The summed E-state index contributed by atoms with van der Waals surface area (Å²) < 4.78 is 14.2. The molecule has 0 saturated carbocycles. The van der Waals surface area contributed by atoms with Crippen LogP contribution < -0.4 is 5.32 Å². The van der Waals surface area contributed by atoms with Crippen LogP contribution in [0.4, 0.5) is 10.3 Å². The highest BCUT2D eigenvalue weighted by atomic mass is 19.1. The van der Waals surface area contributed by atoms with Crippen molar-refractivity contribution in [1.82, 2.24) is 14.6 Å². The van der Waals surface area contributed by atoms with E-state index in [4.69, 9.17) is 5.11 Å². The second-order valence-corrected chi connectivity index (χ2v) is 3.32. The topological polar surface area (TPSA) is 62.5 Å². The lowest BCUT2D eigenvalue weighted by Gasteiger charge is -2.02. The van der Waals surface area contributed by atoms with Gasteiger partial charge in [0.1, 0.15) is 5.82 Å². The highest BCUT2D eigenvalue weighted by Crippen LogP contribution is 2.06. The molecule has 0 spiro atoms. The maximum atomic E-state index is 12.8. The molecule has 2 rings (SSSR count). The van der Waals surface area contributed by atoms with Gasteiger partial charge < -0.3 is 10.4 Å². The minimum absolute atomic E-state index is 0.360. The van der Waals surface area contributed by atoms with Crippen LogP contribution in [0.15, 0.2) is 18.3 Å². The van der Waals surface area contributed by atoms with E-state index in [9.17, 15) is 4.39 Å². The smallest absolute Gasteiger partial charge is 0.243 e. The van der Waals surface area contributed by atoms with Gasteiger partial charge in [0.25, 0.3) is 0 Å². The Bertz CT molecular complexity index is 468. The van der Waals surface area contributed by atoms with E-state index >= 15 is 0 Å². The highest BCUT2D eigenvalue weighted by Gasteiger charge is 2.04. The minimum atomic E-state index is -0.478. The molecule has 0 amide bonds. The molecular formula is C9H11FN4O. The highest BCUT2D eigenvalue weighted by molar-refractivity contribution is 5.42. The Morgan fingerprint density at radius 2 is 2.40 bits per heavy atom. The van der Waals surface area contributed by atoms with E-state index in [0.29, 0.717) is 18.1 Å². The molecule has 5 nitrogen and oxygen atoms in total. The number of hydrogen-bond donors (Lipinski definition) is 2. The van der Waals surface area contributed by atoms with E-state index in [1.54, 1.807) is 6.92 Å². The fraction of sp³-hybridized carbons (Fsp3) is 0.333. The predicted octanol–water partition coefficient (Wildman–Crippen LogP) is 0.661. The molecule has 0 aromatic carbocycles. The van der Waals surface area contributed by atoms with Crippen molar-refractivity contribution in [3.63, 3.8) is 0 Å². The number of hydrogen-bond acceptors (Lipinski definition) is 4. The first kappa shape index (κ1) is 9.85. The van der Waals surface area contributed by atoms with Gasteiger partial charge in [0.15, 0.2) is 5.65 Å². The number of halogens is 1. The van der Waals surface area contributed by atoms with Gasteiger partial charge in [-0.05, 0) is 19.1 Å². The van der Waals surface area contributed by atoms with Gasteiger partial charge in [-0.3, -0.25) is 0 Å². The van der Waals surface area contributed by atoms with Crippen molar-refractivity contribution in [2.24, 2.45) is 0 Å². The van der Waals surface area contributed by atoms with Crippen LogP contribution in [0, 0.1) is 5.82 Å². The van der Waals surface area contributed by atoms with Crippen LogP contribution in [0.1, 0.15) is 6.92 Å². The first-order chi connectivity index (χ1) is 7.15. The second-order valence-electron chi connectivity index (χ2n) is 3.32. The third-order valence-electron chi connectivity index (χ3n) is 1.85. The van der Waals surface area contributed by atoms with Crippen molar-refractivity contribution in [1.29, 1.82) is 0 Å². The maximum absolute atomic E-state index is 12.8. The maximum Gasteiger partial charge on any atom is 0.243 e. The first-order valence-electron chi connectivity index (χ1n) is 4.59. The monoisotopic (exact) mass is 210 g/mol. The van der Waals surface area contributed by atoms with Gasteiger partial charge in [0.2, 0.25) is 5.95 Å². The van der Waals surface area contributed by atoms with Crippen molar-refractivity contribution in [3.8, 4) is 0 Å². The molecule has 1 atom stereocenters. The largest absolute Gasteiger partial charge is 0.392 e.